The minimum Gasteiger partial charge on any atom is -0.394 e. The summed E-state index contributed by atoms with van der Waals surface area (Å²) in [5, 5.41) is 13.5. The van der Waals surface area contributed by atoms with Crippen LogP contribution in [0.4, 0.5) is 0 Å². The van der Waals surface area contributed by atoms with Crippen LogP contribution in [0.25, 0.3) is 11.1 Å². The Bertz CT molecular complexity index is 830. The Hall–Kier alpha value is -1.98. The van der Waals surface area contributed by atoms with E-state index in [1.165, 1.54) is 6.42 Å². The van der Waals surface area contributed by atoms with Crippen LogP contribution in [0.1, 0.15) is 54.7 Å². The Morgan fingerprint density at radius 1 is 1.26 bits per heavy atom. The molecule has 2 aliphatic carbocycles. The number of fused-ring (bicyclic) bond motifs is 1. The lowest BCUT2D eigenvalue weighted by Crippen LogP contribution is -2.44. The SMILES string of the molecule is Cc1noc(C)c1-c1ccc2c(c1)C(OCCO)(C1CCCCC1)C(=O)C2. The highest BCUT2D eigenvalue weighted by Crippen LogP contribution is 2.49. The minimum atomic E-state index is -0.923. The largest absolute Gasteiger partial charge is 0.394 e. The van der Waals surface area contributed by atoms with Gasteiger partial charge in [-0.1, -0.05) is 36.6 Å². The Labute approximate surface area is 159 Å². The molecular weight excluding hydrogens is 342 g/mol. The summed E-state index contributed by atoms with van der Waals surface area (Å²) in [6.07, 6.45) is 5.85. The lowest BCUT2D eigenvalue weighted by atomic mass is 9.73. The highest BCUT2D eigenvalue weighted by Gasteiger charge is 2.52. The molecular formula is C22H27NO4. The molecule has 2 aliphatic rings. The van der Waals surface area contributed by atoms with E-state index in [9.17, 15) is 9.90 Å². The molecule has 0 aliphatic heterocycles. The second-order valence-corrected chi connectivity index (χ2v) is 7.81. The first kappa shape index (κ1) is 18.4. The Morgan fingerprint density at radius 2 is 2.04 bits per heavy atom. The van der Waals surface area contributed by atoms with Crippen molar-refractivity contribution in [3.05, 3.63) is 40.8 Å². The van der Waals surface area contributed by atoms with Gasteiger partial charge in [0.2, 0.25) is 0 Å². The van der Waals surface area contributed by atoms with Crippen molar-refractivity contribution in [3.8, 4) is 11.1 Å². The van der Waals surface area contributed by atoms with Crippen molar-refractivity contribution < 1.29 is 19.2 Å². The maximum Gasteiger partial charge on any atom is 0.173 e. The average Bonchev–Trinajstić information content (AvgIpc) is 3.16. The van der Waals surface area contributed by atoms with Crippen molar-refractivity contribution in [2.45, 2.75) is 58.0 Å². The number of hydrogen-bond donors (Lipinski definition) is 1. The predicted molar refractivity (Wildman–Crippen MR) is 101 cm³/mol. The zero-order valence-corrected chi connectivity index (χ0v) is 16.1. The van der Waals surface area contributed by atoms with Crippen LogP contribution in [0.15, 0.2) is 22.7 Å². The van der Waals surface area contributed by atoms with Crippen molar-refractivity contribution >= 4 is 5.78 Å². The summed E-state index contributed by atoms with van der Waals surface area (Å²) in [7, 11) is 0. The summed E-state index contributed by atoms with van der Waals surface area (Å²) in [6, 6.07) is 6.18. The van der Waals surface area contributed by atoms with Crippen molar-refractivity contribution in [1.82, 2.24) is 5.16 Å². The van der Waals surface area contributed by atoms with Gasteiger partial charge in [-0.3, -0.25) is 4.79 Å². The number of carbonyl (C=O) groups is 1. The molecule has 0 saturated heterocycles. The molecule has 0 bridgehead atoms. The molecule has 27 heavy (non-hydrogen) atoms. The van der Waals surface area contributed by atoms with Crippen LogP contribution >= 0.6 is 0 Å². The highest BCUT2D eigenvalue weighted by atomic mass is 16.5. The van der Waals surface area contributed by atoms with Crippen molar-refractivity contribution in [1.29, 1.82) is 0 Å². The Kier molecular flexibility index (Phi) is 4.91. The molecule has 1 aromatic heterocycles. The van der Waals surface area contributed by atoms with Gasteiger partial charge in [0.05, 0.1) is 18.9 Å². The van der Waals surface area contributed by atoms with Crippen LogP contribution in [0.2, 0.25) is 0 Å². The van der Waals surface area contributed by atoms with E-state index in [2.05, 4.69) is 11.2 Å². The van der Waals surface area contributed by atoms with Crippen LogP contribution in [0.3, 0.4) is 0 Å². The second-order valence-electron chi connectivity index (χ2n) is 7.81. The lowest BCUT2D eigenvalue weighted by Gasteiger charge is -2.39. The molecule has 1 saturated carbocycles. The maximum absolute atomic E-state index is 13.3. The third-order valence-corrected chi connectivity index (χ3v) is 6.20. The molecule has 1 fully saturated rings. The number of aryl methyl sites for hydroxylation is 2. The van der Waals surface area contributed by atoms with Gasteiger partial charge in [0.1, 0.15) is 5.76 Å². The van der Waals surface area contributed by atoms with Gasteiger partial charge in [-0.15, -0.1) is 0 Å². The molecule has 144 valence electrons. The monoisotopic (exact) mass is 369 g/mol. The summed E-state index contributed by atoms with van der Waals surface area (Å²) >= 11 is 0. The summed E-state index contributed by atoms with van der Waals surface area (Å²) in [4.78, 5) is 13.3. The molecule has 0 radical (unpaired) electrons. The number of nitrogens with zero attached hydrogens (tertiary/aromatic N) is 1. The van der Waals surface area contributed by atoms with Crippen molar-refractivity contribution in [2.24, 2.45) is 5.92 Å². The molecule has 0 spiro atoms. The van der Waals surface area contributed by atoms with Gasteiger partial charge >= 0.3 is 0 Å². The second kappa shape index (κ2) is 7.21. The Morgan fingerprint density at radius 3 is 2.70 bits per heavy atom. The molecule has 5 heteroatoms. The molecule has 1 N–H and O–H groups in total. The normalized spacial score (nSPS) is 23.0. The summed E-state index contributed by atoms with van der Waals surface area (Å²) < 4.78 is 11.6. The van der Waals surface area contributed by atoms with E-state index < -0.39 is 5.60 Å². The average molecular weight is 369 g/mol. The van der Waals surface area contributed by atoms with Crippen LogP contribution < -0.4 is 0 Å². The summed E-state index contributed by atoms with van der Waals surface area (Å²) in [6.45, 7) is 3.93. The quantitative estimate of drug-likeness (QED) is 0.866. The first-order valence-corrected chi connectivity index (χ1v) is 9.92. The van der Waals surface area contributed by atoms with Gasteiger partial charge in [-0.05, 0) is 55.4 Å². The topological polar surface area (TPSA) is 72.6 Å². The number of aliphatic hydroxyl groups excluding tert-OH is 1. The van der Waals surface area contributed by atoms with E-state index in [1.54, 1.807) is 0 Å². The molecule has 1 atom stereocenters. The molecule has 1 aromatic carbocycles. The zero-order valence-electron chi connectivity index (χ0n) is 16.1. The van der Waals surface area contributed by atoms with Gasteiger partial charge in [0.25, 0.3) is 0 Å². The highest BCUT2D eigenvalue weighted by molar-refractivity contribution is 5.96. The number of carbonyl (C=O) groups excluding carboxylic acids is 1. The fraction of sp³-hybridized carbons (Fsp3) is 0.545. The molecule has 1 heterocycles. The van der Waals surface area contributed by atoms with E-state index in [0.29, 0.717) is 6.42 Å². The van der Waals surface area contributed by atoms with Gasteiger partial charge < -0.3 is 14.4 Å². The van der Waals surface area contributed by atoms with Crippen molar-refractivity contribution in [2.75, 3.05) is 13.2 Å². The van der Waals surface area contributed by atoms with Gasteiger partial charge in [-0.2, -0.15) is 0 Å². The minimum absolute atomic E-state index is 0.0827. The fourth-order valence-electron chi connectivity index (χ4n) is 5.02. The molecule has 1 unspecified atom stereocenters. The first-order chi connectivity index (χ1) is 13.1. The van der Waals surface area contributed by atoms with Crippen molar-refractivity contribution in [3.63, 3.8) is 0 Å². The molecule has 4 rings (SSSR count). The van der Waals surface area contributed by atoms with Gasteiger partial charge in [-0.25, -0.2) is 0 Å². The van der Waals surface area contributed by atoms with E-state index >= 15 is 0 Å². The van der Waals surface area contributed by atoms with Gasteiger partial charge in [0.15, 0.2) is 11.4 Å². The molecule has 5 nitrogen and oxygen atoms in total. The number of rotatable bonds is 5. The number of aromatic nitrogens is 1. The van der Waals surface area contributed by atoms with E-state index in [-0.39, 0.29) is 24.9 Å². The number of aliphatic hydroxyl groups is 1. The zero-order chi connectivity index (χ0) is 19.0. The smallest absolute Gasteiger partial charge is 0.173 e. The van der Waals surface area contributed by atoms with Gasteiger partial charge in [0, 0.05) is 12.0 Å². The number of ether oxygens (including phenoxy) is 1. The molecule has 0 amide bonds. The number of hydrogen-bond acceptors (Lipinski definition) is 5. The maximum atomic E-state index is 13.3. The predicted octanol–water partition coefficient (Wildman–Crippen LogP) is 3.87. The van der Waals surface area contributed by atoms with E-state index in [1.807, 2.05) is 26.0 Å². The van der Waals surface area contributed by atoms with Crippen LogP contribution in [-0.4, -0.2) is 29.3 Å². The first-order valence-electron chi connectivity index (χ1n) is 9.92. The number of Topliss-reactive ketones (excluding diaryl/α,β-unsaturated/α-hetero) is 1. The van der Waals surface area contributed by atoms with E-state index in [4.69, 9.17) is 9.26 Å². The van der Waals surface area contributed by atoms with Crippen LogP contribution in [0, 0.1) is 19.8 Å². The van der Waals surface area contributed by atoms with Crippen LogP contribution in [-0.2, 0) is 21.6 Å². The Balaban J connectivity index is 1.84. The number of ketones is 1. The fourth-order valence-corrected chi connectivity index (χ4v) is 5.02. The summed E-state index contributed by atoms with van der Waals surface area (Å²) in [5.41, 5.74) is 3.93. The summed E-state index contributed by atoms with van der Waals surface area (Å²) in [5.74, 6) is 1.08. The molecule has 2 aromatic rings. The standard InChI is InChI=1S/C22H27NO4/c1-14-21(15(2)27-23-14)17-9-8-16-13-20(25)22(19(16)12-17,26-11-10-24)18-6-4-3-5-7-18/h8-9,12,18,24H,3-7,10-11,13H2,1-2H3. The third kappa shape index (κ3) is 2.93. The van der Waals surface area contributed by atoms with Crippen LogP contribution in [0.5, 0.6) is 0 Å². The number of benzene rings is 1. The lowest BCUT2D eigenvalue weighted by molar-refractivity contribution is -0.157. The van der Waals surface area contributed by atoms with E-state index in [0.717, 1.165) is 59.4 Å². The third-order valence-electron chi connectivity index (χ3n) is 6.20.